The molecule has 1 fully saturated rings. The van der Waals surface area contributed by atoms with Crippen molar-refractivity contribution in [3.63, 3.8) is 0 Å². The second-order valence-electron chi connectivity index (χ2n) is 6.33. The van der Waals surface area contributed by atoms with Crippen molar-refractivity contribution in [1.82, 2.24) is 10.0 Å². The fourth-order valence-electron chi connectivity index (χ4n) is 2.85. The lowest BCUT2D eigenvalue weighted by atomic mass is 9.75. The smallest absolute Gasteiger partial charge is 0.274 e. The molecule has 0 saturated heterocycles. The first-order valence-electron chi connectivity index (χ1n) is 7.08. The van der Waals surface area contributed by atoms with Crippen LogP contribution in [0.3, 0.4) is 0 Å². The van der Waals surface area contributed by atoms with Crippen molar-refractivity contribution in [1.29, 1.82) is 0 Å². The largest absolute Gasteiger partial charge is 0.447 e. The number of hydrogen-bond donors (Lipinski definition) is 2. The Bertz CT molecular complexity index is 549. The molecule has 1 aliphatic carbocycles. The van der Waals surface area contributed by atoms with Crippen LogP contribution in [-0.4, -0.2) is 21.5 Å². The van der Waals surface area contributed by atoms with Crippen molar-refractivity contribution in [3.8, 4) is 0 Å². The van der Waals surface area contributed by atoms with E-state index in [4.69, 9.17) is 4.42 Å². The monoisotopic (exact) mass is 300 g/mol. The highest BCUT2D eigenvalue weighted by atomic mass is 32.2. The number of hydrogen-bond acceptors (Lipinski definition) is 4. The lowest BCUT2D eigenvalue weighted by molar-refractivity contribution is 0.211. The molecule has 0 bridgehead atoms. The zero-order valence-electron chi connectivity index (χ0n) is 12.4. The lowest BCUT2D eigenvalue weighted by Gasteiger charge is -2.35. The zero-order valence-corrected chi connectivity index (χ0v) is 13.2. The highest BCUT2D eigenvalue weighted by molar-refractivity contribution is 7.89. The molecule has 0 spiro atoms. The van der Waals surface area contributed by atoms with Crippen molar-refractivity contribution >= 4 is 10.0 Å². The van der Waals surface area contributed by atoms with Crippen LogP contribution < -0.4 is 10.0 Å². The third kappa shape index (κ3) is 3.84. The summed E-state index contributed by atoms with van der Waals surface area (Å²) >= 11 is 0. The van der Waals surface area contributed by atoms with Crippen LogP contribution in [0, 0.1) is 5.41 Å². The van der Waals surface area contributed by atoms with Crippen LogP contribution in [0.5, 0.6) is 0 Å². The molecule has 0 aliphatic heterocycles. The first-order chi connectivity index (χ1) is 9.32. The van der Waals surface area contributed by atoms with Gasteiger partial charge in [-0.05, 0) is 43.9 Å². The van der Waals surface area contributed by atoms with E-state index in [1.165, 1.54) is 6.07 Å². The average molecular weight is 300 g/mol. The minimum Gasteiger partial charge on any atom is -0.447 e. The summed E-state index contributed by atoms with van der Waals surface area (Å²) in [5, 5.41) is 2.94. The van der Waals surface area contributed by atoms with Gasteiger partial charge in [0.15, 0.2) is 0 Å². The maximum absolute atomic E-state index is 12.3. The third-order valence-corrected chi connectivity index (χ3v) is 5.17. The topological polar surface area (TPSA) is 71.3 Å². The molecule has 1 aromatic rings. The van der Waals surface area contributed by atoms with Crippen molar-refractivity contribution in [2.75, 3.05) is 7.05 Å². The van der Waals surface area contributed by atoms with E-state index in [0.717, 1.165) is 25.7 Å². The fraction of sp³-hybridized carbons (Fsp3) is 0.714. The van der Waals surface area contributed by atoms with Gasteiger partial charge in [0, 0.05) is 6.04 Å². The second-order valence-corrected chi connectivity index (χ2v) is 7.97. The first-order valence-corrected chi connectivity index (χ1v) is 8.56. The molecule has 20 heavy (non-hydrogen) atoms. The quantitative estimate of drug-likeness (QED) is 0.875. The third-order valence-electron chi connectivity index (χ3n) is 3.78. The molecule has 1 aromatic heterocycles. The van der Waals surface area contributed by atoms with Crippen LogP contribution in [-0.2, 0) is 16.6 Å². The van der Waals surface area contributed by atoms with Gasteiger partial charge in [0.05, 0.1) is 6.54 Å². The van der Waals surface area contributed by atoms with E-state index in [1.54, 1.807) is 13.1 Å². The van der Waals surface area contributed by atoms with E-state index in [-0.39, 0.29) is 16.5 Å². The molecule has 114 valence electrons. The summed E-state index contributed by atoms with van der Waals surface area (Å²) in [6.07, 6.45) is 3.98. The second kappa shape index (κ2) is 5.87. The average Bonchev–Trinajstić information content (AvgIpc) is 2.77. The van der Waals surface area contributed by atoms with Crippen LogP contribution in [0.2, 0.25) is 0 Å². The maximum Gasteiger partial charge on any atom is 0.274 e. The van der Waals surface area contributed by atoms with E-state index in [1.807, 2.05) is 0 Å². The van der Waals surface area contributed by atoms with Crippen molar-refractivity contribution < 1.29 is 12.8 Å². The Balaban J connectivity index is 2.06. The highest BCUT2D eigenvalue weighted by Gasteiger charge is 2.31. The molecule has 1 atom stereocenters. The van der Waals surface area contributed by atoms with Gasteiger partial charge in [-0.2, -0.15) is 0 Å². The van der Waals surface area contributed by atoms with Crippen LogP contribution in [0.1, 0.15) is 45.3 Å². The van der Waals surface area contributed by atoms with Gasteiger partial charge in [-0.3, -0.25) is 0 Å². The number of sulfonamides is 1. The summed E-state index contributed by atoms with van der Waals surface area (Å²) in [6.45, 7) is 4.89. The Morgan fingerprint density at radius 3 is 2.80 bits per heavy atom. The minimum atomic E-state index is -3.55. The number of furan rings is 1. The molecule has 0 radical (unpaired) electrons. The molecule has 2 rings (SSSR count). The van der Waals surface area contributed by atoms with Gasteiger partial charge in [-0.25, -0.2) is 13.1 Å². The molecule has 5 nitrogen and oxygen atoms in total. The first kappa shape index (κ1) is 15.5. The zero-order chi connectivity index (χ0) is 14.8. The molecule has 0 amide bonds. The summed E-state index contributed by atoms with van der Waals surface area (Å²) in [6, 6.07) is 3.21. The normalized spacial score (nSPS) is 22.9. The molecular weight excluding hydrogens is 276 g/mol. The molecule has 1 aliphatic rings. The Labute approximate surface area is 121 Å². The Morgan fingerprint density at radius 1 is 1.40 bits per heavy atom. The van der Waals surface area contributed by atoms with Crippen LogP contribution >= 0.6 is 0 Å². The fourth-order valence-corrected chi connectivity index (χ4v) is 4.07. The maximum atomic E-state index is 12.3. The van der Waals surface area contributed by atoms with Gasteiger partial charge in [0.1, 0.15) is 5.76 Å². The molecule has 6 heteroatoms. The molecular formula is C14H24N2O3S. The van der Waals surface area contributed by atoms with Crippen molar-refractivity contribution in [3.05, 3.63) is 17.9 Å². The van der Waals surface area contributed by atoms with E-state index in [2.05, 4.69) is 23.9 Å². The molecule has 0 aromatic carbocycles. The Hall–Kier alpha value is -0.850. The van der Waals surface area contributed by atoms with Crippen molar-refractivity contribution in [2.24, 2.45) is 5.41 Å². The van der Waals surface area contributed by atoms with Gasteiger partial charge in [0.25, 0.3) is 10.0 Å². The van der Waals surface area contributed by atoms with Gasteiger partial charge < -0.3 is 9.73 Å². The predicted molar refractivity (Wildman–Crippen MR) is 77.8 cm³/mol. The van der Waals surface area contributed by atoms with E-state index >= 15 is 0 Å². The van der Waals surface area contributed by atoms with Gasteiger partial charge >= 0.3 is 0 Å². The minimum absolute atomic E-state index is 0.00148. The number of nitrogens with one attached hydrogen (secondary N) is 2. The summed E-state index contributed by atoms with van der Waals surface area (Å²) in [7, 11) is -1.76. The van der Waals surface area contributed by atoms with Crippen LogP contribution in [0.25, 0.3) is 0 Å². The summed E-state index contributed by atoms with van der Waals surface area (Å²) < 4.78 is 32.8. The van der Waals surface area contributed by atoms with E-state index < -0.39 is 10.0 Å². The van der Waals surface area contributed by atoms with Gasteiger partial charge in [-0.1, -0.05) is 20.3 Å². The standard InChI is InChI=1S/C14H24N2O3S/c1-14(2)8-4-5-11(9-14)16-20(17,18)13-7-6-12(19-13)10-15-3/h6-7,11,15-16H,4-5,8-10H2,1-3H3. The van der Waals surface area contributed by atoms with E-state index in [0.29, 0.717) is 12.3 Å². The van der Waals surface area contributed by atoms with E-state index in [9.17, 15) is 8.42 Å². The molecule has 1 unspecified atom stereocenters. The predicted octanol–water partition coefficient (Wildman–Crippen LogP) is 2.25. The highest BCUT2D eigenvalue weighted by Crippen LogP contribution is 2.35. The summed E-state index contributed by atoms with van der Waals surface area (Å²) in [5.41, 5.74) is 0.200. The Morgan fingerprint density at radius 2 is 2.15 bits per heavy atom. The van der Waals surface area contributed by atoms with Crippen LogP contribution in [0.4, 0.5) is 0 Å². The van der Waals surface area contributed by atoms with Gasteiger partial charge in [-0.15, -0.1) is 0 Å². The number of rotatable bonds is 5. The summed E-state index contributed by atoms with van der Waals surface area (Å²) in [4.78, 5) is 0. The SMILES string of the molecule is CNCc1ccc(S(=O)(=O)NC2CCCC(C)(C)C2)o1. The lowest BCUT2D eigenvalue weighted by Crippen LogP contribution is -2.40. The van der Waals surface area contributed by atoms with Crippen LogP contribution in [0.15, 0.2) is 21.6 Å². The molecule has 1 heterocycles. The summed E-state index contributed by atoms with van der Waals surface area (Å²) in [5.74, 6) is 0.622. The Kier molecular flexibility index (Phi) is 4.56. The van der Waals surface area contributed by atoms with Gasteiger partial charge in [0.2, 0.25) is 5.09 Å². The molecule has 2 N–H and O–H groups in total. The molecule has 1 saturated carbocycles. The van der Waals surface area contributed by atoms with Crippen molar-refractivity contribution in [2.45, 2.75) is 57.2 Å².